The molecule has 0 spiro atoms. The smallest absolute Gasteiger partial charge is 0.189 e. The summed E-state index contributed by atoms with van der Waals surface area (Å²) < 4.78 is 22.8. The fourth-order valence-electron chi connectivity index (χ4n) is 3.11. The number of anilines is 1. The van der Waals surface area contributed by atoms with Crippen molar-refractivity contribution in [3.63, 3.8) is 0 Å². The third-order valence-corrected chi connectivity index (χ3v) is 4.89. The second-order valence-corrected chi connectivity index (χ2v) is 7.05. The van der Waals surface area contributed by atoms with E-state index in [9.17, 15) is 25.5 Å². The topological polar surface area (TPSA) is 208 Å². The fourth-order valence-corrected chi connectivity index (χ4v) is 3.11. The molecule has 0 radical (unpaired) electrons. The van der Waals surface area contributed by atoms with Crippen LogP contribution in [0.3, 0.4) is 0 Å². The number of hydrogen-bond acceptors (Lipinski definition) is 13. The van der Waals surface area contributed by atoms with Gasteiger partial charge in [0.05, 0.1) is 25.6 Å². The van der Waals surface area contributed by atoms with E-state index >= 15 is 0 Å². The molecule has 1 aliphatic rings. The largest absolute Gasteiger partial charge is 0.391 e. The van der Waals surface area contributed by atoms with Crippen LogP contribution in [0, 0.1) is 0 Å². The number of fused-ring (bicyclic) bond motifs is 1. The van der Waals surface area contributed by atoms with Crippen LogP contribution in [0.25, 0.3) is 11.2 Å². The van der Waals surface area contributed by atoms with Gasteiger partial charge in [-0.15, -0.1) is 0 Å². The quantitative estimate of drug-likeness (QED) is 0.203. The molecule has 3 rings (SSSR count). The molecule has 4 unspecified atom stereocenters. The van der Waals surface area contributed by atoms with Crippen molar-refractivity contribution in [2.24, 2.45) is 0 Å². The Morgan fingerprint density at radius 3 is 2.61 bits per heavy atom. The highest BCUT2D eigenvalue weighted by Crippen LogP contribution is 2.32. The molecule has 1 fully saturated rings. The Labute approximate surface area is 176 Å². The third kappa shape index (κ3) is 4.92. The number of aliphatic hydroxyl groups excluding tert-OH is 5. The van der Waals surface area contributed by atoms with Crippen molar-refractivity contribution < 1.29 is 44.5 Å². The highest BCUT2D eigenvalue weighted by Gasteiger charge is 2.45. The molecule has 14 nitrogen and oxygen atoms in total. The fraction of sp³-hybridized carbons (Fsp3) is 0.706. The van der Waals surface area contributed by atoms with Gasteiger partial charge in [0.15, 0.2) is 30.3 Å². The van der Waals surface area contributed by atoms with Crippen molar-refractivity contribution in [2.45, 2.75) is 56.3 Å². The molecule has 8 atom stereocenters. The number of nitrogen functional groups attached to an aromatic ring is 1. The summed E-state index contributed by atoms with van der Waals surface area (Å²) in [6.07, 6.45) is -7.44. The van der Waals surface area contributed by atoms with E-state index in [-0.39, 0.29) is 12.4 Å². The Morgan fingerprint density at radius 2 is 1.97 bits per heavy atom. The van der Waals surface area contributed by atoms with Crippen LogP contribution in [-0.2, 0) is 18.9 Å². The number of nitrogens with two attached hydrogens (primary N) is 1. The van der Waals surface area contributed by atoms with Gasteiger partial charge in [0, 0.05) is 7.11 Å². The zero-order valence-corrected chi connectivity index (χ0v) is 16.9. The standard InChI is InChI=1S/C17H27N5O9/c1-7(24)11(25)17(31-9(3-23)28-2)29-4-8-12(26)13(27)16(30-8)22-6-21-10-14(18)19-5-20-15(10)22/h5-9,11-13,16-17,23-27H,3-4H2,1-2H3,(H2,18,19,20)/t7-,8-,9?,11?,12?,13?,16-,17+/m1/s1. The highest BCUT2D eigenvalue weighted by atomic mass is 16.8. The van der Waals surface area contributed by atoms with Crippen LogP contribution in [0.2, 0.25) is 0 Å². The Kier molecular flexibility index (Phi) is 7.68. The van der Waals surface area contributed by atoms with Gasteiger partial charge >= 0.3 is 0 Å². The molecule has 0 aliphatic carbocycles. The minimum Gasteiger partial charge on any atom is -0.391 e. The van der Waals surface area contributed by atoms with E-state index in [0.29, 0.717) is 11.2 Å². The second kappa shape index (κ2) is 10.1. The van der Waals surface area contributed by atoms with Crippen LogP contribution < -0.4 is 5.73 Å². The van der Waals surface area contributed by atoms with Gasteiger partial charge in [0.1, 0.15) is 36.3 Å². The Hall–Kier alpha value is -2.01. The summed E-state index contributed by atoms with van der Waals surface area (Å²) in [5.41, 5.74) is 6.39. The molecule has 0 aromatic carbocycles. The zero-order chi connectivity index (χ0) is 22.7. The van der Waals surface area contributed by atoms with E-state index in [1.54, 1.807) is 0 Å². The molecule has 2 aromatic rings. The number of aromatic nitrogens is 4. The Balaban J connectivity index is 1.72. The maximum absolute atomic E-state index is 10.5. The van der Waals surface area contributed by atoms with Gasteiger partial charge < -0.3 is 50.2 Å². The maximum atomic E-state index is 10.5. The highest BCUT2D eigenvalue weighted by molar-refractivity contribution is 5.81. The normalized spacial score (nSPS) is 28.0. The first-order valence-electron chi connectivity index (χ1n) is 9.49. The van der Waals surface area contributed by atoms with Crippen LogP contribution in [-0.4, -0.2) is 108 Å². The number of hydrogen-bond donors (Lipinski definition) is 6. The summed E-state index contributed by atoms with van der Waals surface area (Å²) in [6.45, 7) is 0.475. The summed E-state index contributed by atoms with van der Waals surface area (Å²) in [7, 11) is 1.28. The van der Waals surface area contributed by atoms with Crippen molar-refractivity contribution in [2.75, 3.05) is 26.1 Å². The number of ether oxygens (including phenoxy) is 4. The summed E-state index contributed by atoms with van der Waals surface area (Å²) in [5, 5.41) is 49.9. The lowest BCUT2D eigenvalue weighted by Crippen LogP contribution is -2.44. The van der Waals surface area contributed by atoms with Gasteiger partial charge in [-0.1, -0.05) is 0 Å². The van der Waals surface area contributed by atoms with Crippen LogP contribution in [0.1, 0.15) is 13.2 Å². The molecule has 7 N–H and O–H groups in total. The van der Waals surface area contributed by atoms with Crippen molar-refractivity contribution in [3.05, 3.63) is 12.7 Å². The second-order valence-electron chi connectivity index (χ2n) is 7.05. The van der Waals surface area contributed by atoms with E-state index in [4.69, 9.17) is 24.7 Å². The number of nitrogens with zero attached hydrogens (tertiary/aromatic N) is 4. The minimum absolute atomic E-state index is 0.153. The summed E-state index contributed by atoms with van der Waals surface area (Å²) in [4.78, 5) is 12.0. The Morgan fingerprint density at radius 1 is 1.23 bits per heavy atom. The first-order chi connectivity index (χ1) is 14.8. The number of imidazole rings is 1. The van der Waals surface area contributed by atoms with Gasteiger partial charge in [0.25, 0.3) is 0 Å². The first kappa shape index (κ1) is 23.6. The number of aliphatic hydroxyl groups is 5. The predicted molar refractivity (Wildman–Crippen MR) is 102 cm³/mol. The van der Waals surface area contributed by atoms with E-state index in [2.05, 4.69) is 15.0 Å². The lowest BCUT2D eigenvalue weighted by atomic mass is 10.1. The molecule has 31 heavy (non-hydrogen) atoms. The van der Waals surface area contributed by atoms with Crippen molar-refractivity contribution >= 4 is 17.0 Å². The molecule has 0 bridgehead atoms. The molecule has 3 heterocycles. The molecule has 2 aromatic heterocycles. The van der Waals surface area contributed by atoms with Crippen LogP contribution >= 0.6 is 0 Å². The molecule has 1 aliphatic heterocycles. The molecule has 0 saturated carbocycles. The zero-order valence-electron chi connectivity index (χ0n) is 16.9. The molecule has 14 heteroatoms. The van der Waals surface area contributed by atoms with E-state index in [1.807, 2.05) is 0 Å². The molecule has 1 saturated heterocycles. The van der Waals surface area contributed by atoms with Gasteiger partial charge in [0.2, 0.25) is 0 Å². The van der Waals surface area contributed by atoms with Crippen molar-refractivity contribution in [1.82, 2.24) is 19.5 Å². The van der Waals surface area contributed by atoms with Gasteiger partial charge in [-0.25, -0.2) is 15.0 Å². The molecular weight excluding hydrogens is 418 g/mol. The lowest BCUT2D eigenvalue weighted by Gasteiger charge is -2.29. The molecule has 0 amide bonds. The third-order valence-electron chi connectivity index (χ3n) is 4.89. The average molecular weight is 445 g/mol. The number of methoxy groups -OCH3 is 1. The van der Waals surface area contributed by atoms with Crippen LogP contribution in [0.4, 0.5) is 5.82 Å². The summed E-state index contributed by atoms with van der Waals surface area (Å²) in [5.74, 6) is 0.153. The summed E-state index contributed by atoms with van der Waals surface area (Å²) >= 11 is 0. The number of rotatable bonds is 10. The average Bonchev–Trinajstić information content (AvgIpc) is 3.30. The Bertz CT molecular complexity index is 849. The molecule has 174 valence electrons. The van der Waals surface area contributed by atoms with Crippen molar-refractivity contribution in [3.8, 4) is 0 Å². The van der Waals surface area contributed by atoms with Gasteiger partial charge in [-0.05, 0) is 6.92 Å². The lowest BCUT2D eigenvalue weighted by molar-refractivity contribution is -0.289. The minimum atomic E-state index is -1.49. The maximum Gasteiger partial charge on any atom is 0.189 e. The SMILES string of the molecule is COC(CO)O[C@H](OC[C@H]1O[C@@H](n2cnc3c(N)ncnc32)C(O)C1O)C(O)[C@@H](C)O. The van der Waals surface area contributed by atoms with Crippen LogP contribution in [0.15, 0.2) is 12.7 Å². The first-order valence-corrected chi connectivity index (χ1v) is 9.49. The van der Waals surface area contributed by atoms with E-state index < -0.39 is 55.9 Å². The van der Waals surface area contributed by atoms with Crippen LogP contribution in [0.5, 0.6) is 0 Å². The molecular formula is C17H27N5O9. The van der Waals surface area contributed by atoms with Gasteiger partial charge in [-0.3, -0.25) is 4.57 Å². The van der Waals surface area contributed by atoms with Crippen molar-refractivity contribution in [1.29, 1.82) is 0 Å². The van der Waals surface area contributed by atoms with E-state index in [0.717, 1.165) is 0 Å². The van der Waals surface area contributed by atoms with Gasteiger partial charge in [-0.2, -0.15) is 0 Å². The van der Waals surface area contributed by atoms with E-state index in [1.165, 1.54) is 31.3 Å². The predicted octanol–water partition coefficient (Wildman–Crippen LogP) is -2.91. The summed E-state index contributed by atoms with van der Waals surface area (Å²) in [6, 6.07) is 0. The monoisotopic (exact) mass is 445 g/mol.